The van der Waals surface area contributed by atoms with E-state index in [1.165, 1.54) is 0 Å². The van der Waals surface area contributed by atoms with Gasteiger partial charge < -0.3 is 10.6 Å². The predicted octanol–water partition coefficient (Wildman–Crippen LogP) is 4.18. The molecule has 2 heterocycles. The molecule has 0 radical (unpaired) electrons. The molecule has 0 saturated carbocycles. The standard InChI is InChI=1S/C23H32ClN7.HI/c1-4-30(5-2)20(18-11-6-7-12-19(18)24)17-27-23(25-3)26-15-10-14-22-29-28-21-13-8-9-16-31(21)22;/h6-9,11-13,16,20H,4-5,10,14-15,17H2,1-3H3,(H2,25,26,27);1H. The van der Waals surface area contributed by atoms with Gasteiger partial charge in [0.1, 0.15) is 5.82 Å². The normalized spacial score (nSPS) is 12.6. The number of aromatic nitrogens is 3. The molecule has 3 rings (SSSR count). The number of nitrogens with one attached hydrogen (secondary N) is 2. The van der Waals surface area contributed by atoms with E-state index in [0.717, 1.165) is 67.0 Å². The van der Waals surface area contributed by atoms with Crippen molar-refractivity contribution in [3.05, 3.63) is 65.1 Å². The monoisotopic (exact) mass is 569 g/mol. The average molecular weight is 570 g/mol. The van der Waals surface area contributed by atoms with E-state index in [1.807, 2.05) is 47.0 Å². The summed E-state index contributed by atoms with van der Waals surface area (Å²) in [4.78, 5) is 6.78. The van der Waals surface area contributed by atoms with Crippen LogP contribution in [0.3, 0.4) is 0 Å². The maximum atomic E-state index is 6.51. The summed E-state index contributed by atoms with van der Waals surface area (Å²) in [6, 6.07) is 14.2. The minimum atomic E-state index is 0. The van der Waals surface area contributed by atoms with E-state index in [4.69, 9.17) is 11.6 Å². The van der Waals surface area contributed by atoms with Gasteiger partial charge in [0.15, 0.2) is 11.6 Å². The second kappa shape index (κ2) is 13.6. The fraction of sp³-hybridized carbons (Fsp3) is 0.435. The van der Waals surface area contributed by atoms with Crippen LogP contribution in [-0.2, 0) is 6.42 Å². The van der Waals surface area contributed by atoms with E-state index in [2.05, 4.69) is 50.6 Å². The zero-order chi connectivity index (χ0) is 22.1. The topological polar surface area (TPSA) is 69.8 Å². The van der Waals surface area contributed by atoms with Crippen molar-refractivity contribution in [3.8, 4) is 0 Å². The van der Waals surface area contributed by atoms with Gasteiger partial charge in [-0.25, -0.2) is 0 Å². The second-order valence-corrected chi connectivity index (χ2v) is 7.69. The number of fused-ring (bicyclic) bond motifs is 1. The first kappa shape index (κ1) is 26.3. The number of hydrogen-bond donors (Lipinski definition) is 2. The van der Waals surface area contributed by atoms with Gasteiger partial charge in [0, 0.05) is 37.8 Å². The van der Waals surface area contributed by atoms with Gasteiger partial charge in [-0.3, -0.25) is 14.3 Å². The molecular weight excluding hydrogens is 537 g/mol. The summed E-state index contributed by atoms with van der Waals surface area (Å²) < 4.78 is 2.03. The van der Waals surface area contributed by atoms with E-state index in [-0.39, 0.29) is 30.0 Å². The quantitative estimate of drug-likeness (QED) is 0.166. The van der Waals surface area contributed by atoms with E-state index in [1.54, 1.807) is 7.05 Å². The summed E-state index contributed by atoms with van der Waals surface area (Å²) >= 11 is 6.51. The van der Waals surface area contributed by atoms with Gasteiger partial charge >= 0.3 is 0 Å². The van der Waals surface area contributed by atoms with Crippen LogP contribution < -0.4 is 10.6 Å². The van der Waals surface area contributed by atoms with Crippen molar-refractivity contribution in [1.29, 1.82) is 0 Å². The molecule has 3 aromatic rings. The SMILES string of the molecule is CCN(CC)C(CNC(=NC)NCCCc1nnc2ccccn12)c1ccccc1Cl.I. The maximum absolute atomic E-state index is 6.51. The predicted molar refractivity (Wildman–Crippen MR) is 143 cm³/mol. The summed E-state index contributed by atoms with van der Waals surface area (Å²) in [5, 5.41) is 16.2. The number of halogens is 2. The van der Waals surface area contributed by atoms with Crippen LogP contribution in [0.1, 0.15) is 37.7 Å². The van der Waals surface area contributed by atoms with Crippen LogP contribution in [0.5, 0.6) is 0 Å². The Morgan fingerprint density at radius 2 is 1.84 bits per heavy atom. The third kappa shape index (κ3) is 6.79. The number of likely N-dealkylation sites (N-methyl/N-ethyl adjacent to an activating group) is 1. The Labute approximate surface area is 212 Å². The minimum Gasteiger partial charge on any atom is -0.356 e. The lowest BCUT2D eigenvalue weighted by Gasteiger charge is -2.31. The number of guanidine groups is 1. The van der Waals surface area contributed by atoms with Crippen LogP contribution in [0.15, 0.2) is 53.7 Å². The number of pyridine rings is 1. The van der Waals surface area contributed by atoms with Crippen LogP contribution in [0.4, 0.5) is 0 Å². The van der Waals surface area contributed by atoms with E-state index in [9.17, 15) is 0 Å². The van der Waals surface area contributed by atoms with Crippen LogP contribution in [0.25, 0.3) is 5.65 Å². The molecule has 0 amide bonds. The summed E-state index contributed by atoms with van der Waals surface area (Å²) in [6.07, 6.45) is 3.78. The zero-order valence-electron chi connectivity index (χ0n) is 19.0. The summed E-state index contributed by atoms with van der Waals surface area (Å²) in [5.74, 6) is 1.76. The number of rotatable bonds is 10. The van der Waals surface area contributed by atoms with Crippen molar-refractivity contribution in [2.24, 2.45) is 4.99 Å². The van der Waals surface area contributed by atoms with Crippen LogP contribution >= 0.6 is 35.6 Å². The highest BCUT2D eigenvalue weighted by molar-refractivity contribution is 14.0. The second-order valence-electron chi connectivity index (χ2n) is 7.29. The number of nitrogens with zero attached hydrogens (tertiary/aromatic N) is 5. The molecule has 0 saturated heterocycles. The lowest BCUT2D eigenvalue weighted by Crippen LogP contribution is -2.43. The largest absolute Gasteiger partial charge is 0.356 e. The molecule has 2 N–H and O–H groups in total. The highest BCUT2D eigenvalue weighted by Crippen LogP contribution is 2.26. The number of aryl methyl sites for hydroxylation is 1. The molecule has 32 heavy (non-hydrogen) atoms. The maximum Gasteiger partial charge on any atom is 0.191 e. The molecular formula is C23H33ClIN7. The Morgan fingerprint density at radius 1 is 1.09 bits per heavy atom. The van der Waals surface area contributed by atoms with Crippen molar-refractivity contribution in [2.45, 2.75) is 32.7 Å². The fourth-order valence-electron chi connectivity index (χ4n) is 3.77. The van der Waals surface area contributed by atoms with Gasteiger partial charge in [-0.05, 0) is 43.3 Å². The Morgan fingerprint density at radius 3 is 2.56 bits per heavy atom. The molecule has 7 nitrogen and oxygen atoms in total. The highest BCUT2D eigenvalue weighted by Gasteiger charge is 2.20. The van der Waals surface area contributed by atoms with Crippen molar-refractivity contribution < 1.29 is 0 Å². The first-order valence-corrected chi connectivity index (χ1v) is 11.3. The Balaban J connectivity index is 0.00000363. The number of aliphatic imine (C=N–C) groups is 1. The molecule has 1 atom stereocenters. The third-order valence-corrected chi connectivity index (χ3v) is 5.80. The molecule has 9 heteroatoms. The molecule has 1 unspecified atom stereocenters. The first-order valence-electron chi connectivity index (χ1n) is 10.9. The van der Waals surface area contributed by atoms with Gasteiger partial charge in [0.05, 0.1) is 6.04 Å². The summed E-state index contributed by atoms with van der Waals surface area (Å²) in [7, 11) is 1.79. The number of hydrogen-bond acceptors (Lipinski definition) is 4. The summed E-state index contributed by atoms with van der Waals surface area (Å²) in [5.41, 5.74) is 2.01. The molecule has 0 aliphatic rings. The van der Waals surface area contributed by atoms with Crippen LogP contribution in [0, 0.1) is 0 Å². The fourth-order valence-corrected chi connectivity index (χ4v) is 4.04. The van der Waals surface area contributed by atoms with E-state index < -0.39 is 0 Å². The molecule has 0 bridgehead atoms. The molecule has 1 aromatic carbocycles. The van der Waals surface area contributed by atoms with Gasteiger partial charge in [-0.15, -0.1) is 34.2 Å². The average Bonchev–Trinajstić information content (AvgIpc) is 3.21. The van der Waals surface area contributed by atoms with E-state index >= 15 is 0 Å². The van der Waals surface area contributed by atoms with Crippen molar-refractivity contribution >= 4 is 47.2 Å². The lowest BCUT2D eigenvalue weighted by molar-refractivity contribution is 0.219. The molecule has 0 aliphatic heterocycles. The van der Waals surface area contributed by atoms with Gasteiger partial charge in [0.2, 0.25) is 0 Å². The molecule has 174 valence electrons. The van der Waals surface area contributed by atoms with Crippen molar-refractivity contribution in [2.75, 3.05) is 33.2 Å². The smallest absolute Gasteiger partial charge is 0.191 e. The van der Waals surface area contributed by atoms with Crippen LogP contribution in [0.2, 0.25) is 5.02 Å². The zero-order valence-corrected chi connectivity index (χ0v) is 22.0. The Bertz CT molecular complexity index is 987. The highest BCUT2D eigenvalue weighted by atomic mass is 127. The first-order chi connectivity index (χ1) is 15.2. The Hall–Kier alpha value is -1.91. The van der Waals surface area contributed by atoms with Gasteiger partial charge in [0.25, 0.3) is 0 Å². The van der Waals surface area contributed by atoms with Gasteiger partial charge in [-0.2, -0.15) is 0 Å². The molecule has 0 spiro atoms. The summed E-state index contributed by atoms with van der Waals surface area (Å²) in [6.45, 7) is 7.77. The van der Waals surface area contributed by atoms with Gasteiger partial charge in [-0.1, -0.05) is 49.7 Å². The number of benzene rings is 1. The third-order valence-electron chi connectivity index (χ3n) is 5.46. The van der Waals surface area contributed by atoms with Crippen molar-refractivity contribution in [3.63, 3.8) is 0 Å². The van der Waals surface area contributed by atoms with Crippen molar-refractivity contribution in [1.82, 2.24) is 30.1 Å². The molecule has 0 fully saturated rings. The molecule has 2 aromatic heterocycles. The lowest BCUT2D eigenvalue weighted by atomic mass is 10.0. The Kier molecular flexibility index (Phi) is 11.2. The minimum absolute atomic E-state index is 0. The van der Waals surface area contributed by atoms with E-state index in [0.29, 0.717) is 0 Å². The van der Waals surface area contributed by atoms with Crippen LogP contribution in [-0.4, -0.2) is 58.7 Å². The molecule has 0 aliphatic carbocycles.